The number of hydrogen-bond acceptors (Lipinski definition) is 3. The number of carbonyl (C=O) groups excluding carboxylic acids is 1. The van der Waals surface area contributed by atoms with Crippen LogP contribution in [-0.4, -0.2) is 5.91 Å². The summed E-state index contributed by atoms with van der Waals surface area (Å²) in [6.07, 6.45) is 0. The Morgan fingerprint density at radius 1 is 1.45 bits per heavy atom. The fraction of sp³-hybridized carbons (Fsp3) is 0. The number of primary amides is 1. The first kappa shape index (κ1) is 7.81. The molecule has 0 radical (unpaired) electrons. The third-order valence-corrected chi connectivity index (χ3v) is 1.46. The molecule has 4 heteroatoms. The Balaban J connectivity index is 3.22. The molecule has 1 aromatic carbocycles. The van der Waals surface area contributed by atoms with Crippen LogP contribution in [0.15, 0.2) is 28.6 Å². The minimum atomic E-state index is -0.505. The Bertz CT molecular complexity index is 298. The summed E-state index contributed by atoms with van der Waals surface area (Å²) in [5.74, 6) is -0.505. The molecule has 0 fully saturated rings. The smallest absolute Gasteiger partial charge is 0.250 e. The molecule has 0 aliphatic rings. The van der Waals surface area contributed by atoms with Gasteiger partial charge >= 0.3 is 0 Å². The van der Waals surface area contributed by atoms with E-state index in [1.165, 1.54) is 0 Å². The van der Waals surface area contributed by atoms with Gasteiger partial charge in [-0.1, -0.05) is 12.1 Å². The van der Waals surface area contributed by atoms with Crippen LogP contribution < -0.4 is 5.73 Å². The van der Waals surface area contributed by atoms with E-state index in [1.807, 2.05) is 0 Å². The van der Waals surface area contributed by atoms with Gasteiger partial charge in [0.25, 0.3) is 5.91 Å². The van der Waals surface area contributed by atoms with E-state index in [-0.39, 0.29) is 0 Å². The van der Waals surface area contributed by atoms with Crippen LogP contribution in [0.1, 0.15) is 10.4 Å². The van der Waals surface area contributed by atoms with Crippen molar-refractivity contribution in [3.8, 4) is 0 Å². The number of hydrogen-bond donors (Lipinski definition) is 1. The Morgan fingerprint density at radius 2 is 2.09 bits per heavy atom. The lowest BCUT2D eigenvalue weighted by atomic mass is 10.2. The number of rotatable bonds is 2. The molecule has 1 rings (SSSR count). The van der Waals surface area contributed by atoms with E-state index in [9.17, 15) is 4.79 Å². The lowest BCUT2D eigenvalue weighted by Crippen LogP contribution is -2.10. The highest BCUT2D eigenvalue weighted by atomic mass is 32.1. The van der Waals surface area contributed by atoms with Gasteiger partial charge in [-0.2, -0.15) is 4.36 Å². The first-order chi connectivity index (χ1) is 5.25. The summed E-state index contributed by atoms with van der Waals surface area (Å²) in [5, 5.41) is 0. The molecular weight excluding hydrogens is 160 g/mol. The van der Waals surface area contributed by atoms with Crippen LogP contribution in [0.2, 0.25) is 0 Å². The molecule has 2 N–H and O–H groups in total. The molecule has 56 valence electrons. The number of carbonyl (C=O) groups is 1. The lowest BCUT2D eigenvalue weighted by molar-refractivity contribution is 0.100. The maximum absolute atomic E-state index is 10.7. The highest BCUT2D eigenvalue weighted by Crippen LogP contribution is 2.16. The van der Waals surface area contributed by atoms with E-state index < -0.39 is 5.91 Å². The topological polar surface area (TPSA) is 55.5 Å². The summed E-state index contributed by atoms with van der Waals surface area (Å²) in [5.41, 5.74) is 5.86. The first-order valence-corrected chi connectivity index (χ1v) is 3.34. The Kier molecular flexibility index (Phi) is 2.28. The summed E-state index contributed by atoms with van der Waals surface area (Å²) >= 11 is 4.44. The van der Waals surface area contributed by atoms with Gasteiger partial charge in [0.2, 0.25) is 0 Å². The quantitative estimate of drug-likeness (QED) is 0.716. The predicted octanol–water partition coefficient (Wildman–Crippen LogP) is 1.15. The number of amides is 1. The average Bonchev–Trinajstić information content (AvgIpc) is 2.04. The highest BCUT2D eigenvalue weighted by Gasteiger charge is 2.04. The van der Waals surface area contributed by atoms with Gasteiger partial charge < -0.3 is 5.73 Å². The Labute approximate surface area is 69.4 Å². The van der Waals surface area contributed by atoms with Crippen LogP contribution in [0.25, 0.3) is 0 Å². The Morgan fingerprint density at radius 3 is 2.55 bits per heavy atom. The van der Waals surface area contributed by atoms with Crippen LogP contribution in [0, 0.1) is 0 Å². The van der Waals surface area contributed by atoms with Gasteiger partial charge in [-0.15, -0.1) is 0 Å². The number of nitrogens with zero attached hydrogens (tertiary/aromatic N) is 1. The summed E-state index contributed by atoms with van der Waals surface area (Å²) in [6.45, 7) is 0. The summed E-state index contributed by atoms with van der Waals surface area (Å²) < 4.78 is 3.47. The van der Waals surface area contributed by atoms with Gasteiger partial charge in [-0.3, -0.25) is 4.79 Å². The molecule has 11 heavy (non-hydrogen) atoms. The van der Waals surface area contributed by atoms with Crippen molar-refractivity contribution in [1.82, 2.24) is 0 Å². The fourth-order valence-corrected chi connectivity index (χ4v) is 0.921. The van der Waals surface area contributed by atoms with E-state index in [0.29, 0.717) is 11.3 Å². The number of benzene rings is 1. The predicted molar refractivity (Wildman–Crippen MR) is 44.4 cm³/mol. The normalized spacial score (nSPS) is 9.09. The van der Waals surface area contributed by atoms with Crippen molar-refractivity contribution in [1.29, 1.82) is 0 Å². The van der Waals surface area contributed by atoms with E-state index in [4.69, 9.17) is 5.73 Å². The summed E-state index contributed by atoms with van der Waals surface area (Å²) in [7, 11) is 0. The Hall–Kier alpha value is -1.29. The molecule has 0 atom stereocenters. The first-order valence-electron chi connectivity index (χ1n) is 2.98. The molecule has 0 aliphatic heterocycles. The molecule has 0 saturated heterocycles. The van der Waals surface area contributed by atoms with Crippen LogP contribution in [-0.2, 0) is 12.4 Å². The zero-order chi connectivity index (χ0) is 8.27. The third-order valence-electron chi connectivity index (χ3n) is 1.27. The van der Waals surface area contributed by atoms with Gasteiger partial charge in [0.1, 0.15) is 0 Å². The molecule has 0 spiro atoms. The van der Waals surface area contributed by atoms with E-state index in [0.717, 1.165) is 0 Å². The summed E-state index contributed by atoms with van der Waals surface area (Å²) in [4.78, 5) is 10.7. The monoisotopic (exact) mass is 166 g/mol. The number of nitrogens with two attached hydrogens (primary N) is 1. The van der Waals surface area contributed by atoms with Gasteiger partial charge in [0.05, 0.1) is 11.3 Å². The van der Waals surface area contributed by atoms with Crippen molar-refractivity contribution in [3.63, 3.8) is 0 Å². The standard InChI is InChI=1S/C7H6N2OS/c8-7(10)5-3-1-2-4-6(5)9-11/h1-4H,(H2,8,10). The molecular formula is C7H6N2OS. The molecule has 3 nitrogen and oxygen atoms in total. The third kappa shape index (κ3) is 1.59. The highest BCUT2D eigenvalue weighted by molar-refractivity contribution is 7.47. The van der Waals surface area contributed by atoms with E-state index in [1.54, 1.807) is 24.3 Å². The largest absolute Gasteiger partial charge is 0.366 e. The second kappa shape index (κ2) is 3.21. The van der Waals surface area contributed by atoms with Crippen LogP contribution in [0.5, 0.6) is 0 Å². The minimum Gasteiger partial charge on any atom is -0.366 e. The molecule has 0 heterocycles. The van der Waals surface area contributed by atoms with E-state index >= 15 is 0 Å². The molecule has 0 saturated carbocycles. The maximum Gasteiger partial charge on any atom is 0.250 e. The molecule has 1 amide bonds. The van der Waals surface area contributed by atoms with Gasteiger partial charge in [-0.05, 0) is 12.1 Å². The van der Waals surface area contributed by atoms with Crippen LogP contribution in [0.3, 0.4) is 0 Å². The van der Waals surface area contributed by atoms with E-state index in [2.05, 4.69) is 16.8 Å². The molecule has 1 aromatic rings. The molecule has 0 aliphatic carbocycles. The zero-order valence-corrected chi connectivity index (χ0v) is 6.47. The van der Waals surface area contributed by atoms with Gasteiger partial charge in [0.15, 0.2) is 0 Å². The van der Waals surface area contributed by atoms with Crippen LogP contribution >= 0.6 is 0 Å². The van der Waals surface area contributed by atoms with Crippen molar-refractivity contribution in [3.05, 3.63) is 29.8 Å². The van der Waals surface area contributed by atoms with Crippen LogP contribution in [0.4, 0.5) is 5.69 Å². The van der Waals surface area contributed by atoms with Crippen molar-refractivity contribution >= 4 is 24.0 Å². The maximum atomic E-state index is 10.7. The van der Waals surface area contributed by atoms with Crippen molar-refractivity contribution in [2.75, 3.05) is 0 Å². The van der Waals surface area contributed by atoms with Crippen molar-refractivity contribution in [2.45, 2.75) is 0 Å². The zero-order valence-electron chi connectivity index (χ0n) is 5.65. The molecule has 0 bridgehead atoms. The lowest BCUT2D eigenvalue weighted by Gasteiger charge is -1.96. The van der Waals surface area contributed by atoms with Gasteiger partial charge in [0, 0.05) is 12.4 Å². The second-order valence-corrected chi connectivity index (χ2v) is 2.16. The average molecular weight is 166 g/mol. The SMILES string of the molecule is NC(=O)c1ccccc1N=S. The van der Waals surface area contributed by atoms with Crippen molar-refractivity contribution in [2.24, 2.45) is 10.1 Å². The summed E-state index contributed by atoms with van der Waals surface area (Å²) in [6, 6.07) is 6.70. The second-order valence-electron chi connectivity index (χ2n) is 1.97. The minimum absolute atomic E-state index is 0.363. The van der Waals surface area contributed by atoms with Crippen molar-refractivity contribution < 1.29 is 4.79 Å². The molecule has 0 aromatic heterocycles. The van der Waals surface area contributed by atoms with Gasteiger partial charge in [-0.25, -0.2) is 0 Å². The molecule has 0 unspecified atom stereocenters. The fourth-order valence-electron chi connectivity index (χ4n) is 0.762.